The molecule has 6 heteroatoms. The van der Waals surface area contributed by atoms with Crippen molar-refractivity contribution in [3.8, 4) is 0 Å². The number of hydrogen-bond acceptors (Lipinski definition) is 4. The van der Waals surface area contributed by atoms with E-state index in [9.17, 15) is 4.39 Å². The quantitative estimate of drug-likeness (QED) is 0.855. The molecule has 0 amide bonds. The molecule has 0 saturated carbocycles. The third-order valence-corrected chi connectivity index (χ3v) is 3.24. The maximum absolute atomic E-state index is 13.1. The highest BCUT2D eigenvalue weighted by molar-refractivity contribution is 9.10. The Morgan fingerprint density at radius 3 is 2.75 bits per heavy atom. The molecule has 2 N–H and O–H groups in total. The molecule has 2 aromatic rings. The molecule has 0 aliphatic rings. The van der Waals surface area contributed by atoms with Gasteiger partial charge in [0.1, 0.15) is 11.6 Å². The number of aryl methyl sites for hydroxylation is 1. The monoisotopic (exact) mass is 338 g/mol. The molecule has 0 radical (unpaired) electrons. The predicted octanol–water partition coefficient (Wildman–Crippen LogP) is 4.25. The van der Waals surface area contributed by atoms with E-state index in [0.717, 1.165) is 24.3 Å². The third kappa shape index (κ3) is 3.90. The van der Waals surface area contributed by atoms with Gasteiger partial charge in [0.15, 0.2) is 0 Å². The molecule has 0 unspecified atom stereocenters. The smallest absolute Gasteiger partial charge is 0.224 e. The van der Waals surface area contributed by atoms with Crippen LogP contribution in [-0.4, -0.2) is 16.5 Å². The first-order chi connectivity index (χ1) is 9.58. The van der Waals surface area contributed by atoms with Crippen molar-refractivity contribution in [2.24, 2.45) is 0 Å². The summed E-state index contributed by atoms with van der Waals surface area (Å²) in [6.45, 7) is 4.81. The Hall–Kier alpha value is -1.69. The van der Waals surface area contributed by atoms with Crippen LogP contribution in [0, 0.1) is 12.7 Å². The van der Waals surface area contributed by atoms with E-state index in [0.29, 0.717) is 16.2 Å². The summed E-state index contributed by atoms with van der Waals surface area (Å²) in [6.07, 6.45) is 1.00. The minimum absolute atomic E-state index is 0.286. The van der Waals surface area contributed by atoms with Crippen LogP contribution >= 0.6 is 15.9 Å². The molecular formula is C14H16BrFN4. The van der Waals surface area contributed by atoms with Gasteiger partial charge in [0.25, 0.3) is 0 Å². The van der Waals surface area contributed by atoms with Gasteiger partial charge in [-0.1, -0.05) is 6.92 Å². The fourth-order valence-corrected chi connectivity index (χ4v) is 2.13. The van der Waals surface area contributed by atoms with E-state index >= 15 is 0 Å². The third-order valence-electron chi connectivity index (χ3n) is 2.58. The van der Waals surface area contributed by atoms with E-state index in [-0.39, 0.29) is 5.82 Å². The van der Waals surface area contributed by atoms with Crippen molar-refractivity contribution in [2.75, 3.05) is 17.2 Å². The molecular weight excluding hydrogens is 323 g/mol. The van der Waals surface area contributed by atoms with Crippen LogP contribution in [0.25, 0.3) is 0 Å². The Kier molecular flexibility index (Phi) is 4.89. The van der Waals surface area contributed by atoms with Crippen LogP contribution in [-0.2, 0) is 0 Å². The van der Waals surface area contributed by atoms with Crippen molar-refractivity contribution in [3.05, 3.63) is 40.2 Å². The van der Waals surface area contributed by atoms with E-state index in [2.05, 4.69) is 43.5 Å². The standard InChI is InChI=1S/C14H16BrFN4/c1-3-6-17-14-18-9(2)7-13(20-14)19-12-5-4-10(16)8-11(12)15/h4-5,7-8H,3,6H2,1-2H3,(H2,17,18,19,20). The first-order valence-electron chi connectivity index (χ1n) is 6.40. The van der Waals surface area contributed by atoms with Gasteiger partial charge >= 0.3 is 0 Å². The SMILES string of the molecule is CCCNc1nc(C)cc(Nc2ccc(F)cc2Br)n1. The van der Waals surface area contributed by atoms with E-state index < -0.39 is 0 Å². The summed E-state index contributed by atoms with van der Waals surface area (Å²) in [6, 6.07) is 6.31. The van der Waals surface area contributed by atoms with Gasteiger partial charge in [-0.25, -0.2) is 9.37 Å². The molecule has 0 fully saturated rings. The van der Waals surface area contributed by atoms with Crippen LogP contribution < -0.4 is 10.6 Å². The highest BCUT2D eigenvalue weighted by atomic mass is 79.9. The minimum atomic E-state index is -0.286. The van der Waals surface area contributed by atoms with Crippen molar-refractivity contribution in [1.29, 1.82) is 0 Å². The van der Waals surface area contributed by atoms with Gasteiger partial charge in [-0.15, -0.1) is 0 Å². The van der Waals surface area contributed by atoms with E-state index in [1.54, 1.807) is 6.07 Å². The Morgan fingerprint density at radius 2 is 2.05 bits per heavy atom. The van der Waals surface area contributed by atoms with Crippen molar-refractivity contribution in [1.82, 2.24) is 9.97 Å². The molecule has 4 nitrogen and oxygen atoms in total. The topological polar surface area (TPSA) is 49.8 Å². The number of benzene rings is 1. The summed E-state index contributed by atoms with van der Waals surface area (Å²) in [4.78, 5) is 8.70. The van der Waals surface area contributed by atoms with Gasteiger partial charge in [0.05, 0.1) is 5.69 Å². The Bertz CT molecular complexity index is 604. The Morgan fingerprint density at radius 1 is 1.25 bits per heavy atom. The average molecular weight is 339 g/mol. The largest absolute Gasteiger partial charge is 0.354 e. The maximum Gasteiger partial charge on any atom is 0.224 e. The molecule has 1 heterocycles. The molecule has 0 spiro atoms. The van der Waals surface area contributed by atoms with Crippen molar-refractivity contribution >= 4 is 33.4 Å². The lowest BCUT2D eigenvalue weighted by Crippen LogP contribution is -2.07. The molecule has 0 bridgehead atoms. The van der Waals surface area contributed by atoms with Crippen LogP contribution in [0.4, 0.5) is 21.8 Å². The average Bonchev–Trinajstić information content (AvgIpc) is 2.39. The first kappa shape index (κ1) is 14.7. The van der Waals surface area contributed by atoms with Gasteiger partial charge < -0.3 is 10.6 Å². The fourth-order valence-electron chi connectivity index (χ4n) is 1.68. The number of halogens is 2. The lowest BCUT2D eigenvalue weighted by atomic mass is 10.3. The number of aromatic nitrogens is 2. The summed E-state index contributed by atoms with van der Waals surface area (Å²) in [5, 5.41) is 6.30. The summed E-state index contributed by atoms with van der Waals surface area (Å²) >= 11 is 3.32. The minimum Gasteiger partial charge on any atom is -0.354 e. The second kappa shape index (κ2) is 6.65. The van der Waals surface area contributed by atoms with E-state index in [4.69, 9.17) is 0 Å². The van der Waals surface area contributed by atoms with E-state index in [1.807, 2.05) is 13.0 Å². The molecule has 0 saturated heterocycles. The number of nitrogens with one attached hydrogen (secondary N) is 2. The zero-order valence-corrected chi connectivity index (χ0v) is 13.0. The number of nitrogens with zero attached hydrogens (tertiary/aromatic N) is 2. The predicted molar refractivity (Wildman–Crippen MR) is 82.9 cm³/mol. The summed E-state index contributed by atoms with van der Waals surface area (Å²) in [7, 11) is 0. The van der Waals surface area contributed by atoms with Crippen LogP contribution in [0.2, 0.25) is 0 Å². The van der Waals surface area contributed by atoms with Gasteiger partial charge in [0, 0.05) is 22.8 Å². The zero-order chi connectivity index (χ0) is 14.5. The lowest BCUT2D eigenvalue weighted by Gasteiger charge is -2.10. The summed E-state index contributed by atoms with van der Waals surface area (Å²) in [5.41, 5.74) is 1.62. The highest BCUT2D eigenvalue weighted by Gasteiger charge is 2.05. The Balaban J connectivity index is 2.21. The van der Waals surface area contributed by atoms with E-state index in [1.165, 1.54) is 12.1 Å². The molecule has 20 heavy (non-hydrogen) atoms. The molecule has 1 aromatic heterocycles. The lowest BCUT2D eigenvalue weighted by molar-refractivity contribution is 0.627. The second-order valence-corrected chi connectivity index (χ2v) is 5.25. The highest BCUT2D eigenvalue weighted by Crippen LogP contribution is 2.26. The van der Waals surface area contributed by atoms with Crippen molar-refractivity contribution < 1.29 is 4.39 Å². The van der Waals surface area contributed by atoms with Crippen molar-refractivity contribution in [2.45, 2.75) is 20.3 Å². The van der Waals surface area contributed by atoms with Crippen LogP contribution in [0.15, 0.2) is 28.7 Å². The number of anilines is 3. The normalized spacial score (nSPS) is 10.4. The van der Waals surface area contributed by atoms with Gasteiger partial charge in [-0.05, 0) is 47.5 Å². The number of hydrogen-bond donors (Lipinski definition) is 2. The molecule has 0 aliphatic carbocycles. The van der Waals surface area contributed by atoms with Crippen molar-refractivity contribution in [3.63, 3.8) is 0 Å². The summed E-state index contributed by atoms with van der Waals surface area (Å²) in [5.74, 6) is 0.975. The first-order valence-corrected chi connectivity index (χ1v) is 7.19. The summed E-state index contributed by atoms with van der Waals surface area (Å²) < 4.78 is 13.7. The molecule has 106 valence electrons. The molecule has 2 rings (SSSR count). The fraction of sp³-hybridized carbons (Fsp3) is 0.286. The van der Waals surface area contributed by atoms with Crippen LogP contribution in [0.3, 0.4) is 0 Å². The van der Waals surface area contributed by atoms with Crippen LogP contribution in [0.5, 0.6) is 0 Å². The molecule has 1 aromatic carbocycles. The van der Waals surface area contributed by atoms with Gasteiger partial charge in [-0.2, -0.15) is 4.98 Å². The molecule has 0 aliphatic heterocycles. The maximum atomic E-state index is 13.1. The Labute approximate surface area is 126 Å². The van der Waals surface area contributed by atoms with Crippen LogP contribution in [0.1, 0.15) is 19.0 Å². The van der Waals surface area contributed by atoms with Gasteiger partial charge in [0.2, 0.25) is 5.95 Å². The second-order valence-electron chi connectivity index (χ2n) is 4.39. The molecule has 0 atom stereocenters. The number of rotatable bonds is 5. The van der Waals surface area contributed by atoms with Gasteiger partial charge in [-0.3, -0.25) is 0 Å². The zero-order valence-electron chi connectivity index (χ0n) is 11.4.